The first-order chi connectivity index (χ1) is 11.1. The van der Waals surface area contributed by atoms with E-state index in [2.05, 4.69) is 10.6 Å². The fourth-order valence-electron chi connectivity index (χ4n) is 1.81. The molecular formula is C15H10F6N2S. The van der Waals surface area contributed by atoms with Crippen LogP contribution in [0.2, 0.25) is 0 Å². The van der Waals surface area contributed by atoms with Gasteiger partial charge < -0.3 is 10.6 Å². The van der Waals surface area contributed by atoms with Crippen LogP contribution in [0.15, 0.2) is 48.5 Å². The summed E-state index contributed by atoms with van der Waals surface area (Å²) in [5.41, 5.74) is -1.28. The van der Waals surface area contributed by atoms with Crippen LogP contribution in [-0.2, 0) is 12.4 Å². The quantitative estimate of drug-likeness (QED) is 0.541. The summed E-state index contributed by atoms with van der Waals surface area (Å²) in [5, 5.41) is 5.10. The van der Waals surface area contributed by atoms with Crippen molar-refractivity contribution >= 4 is 28.7 Å². The lowest BCUT2D eigenvalue weighted by atomic mass is 10.2. The van der Waals surface area contributed by atoms with Gasteiger partial charge in [-0.2, -0.15) is 26.3 Å². The molecule has 0 aliphatic heterocycles. The molecule has 0 radical (unpaired) electrons. The minimum absolute atomic E-state index is 0.0471. The summed E-state index contributed by atoms with van der Waals surface area (Å²) < 4.78 is 75.2. The van der Waals surface area contributed by atoms with Crippen LogP contribution in [0.3, 0.4) is 0 Å². The van der Waals surface area contributed by atoms with Gasteiger partial charge in [0.15, 0.2) is 5.11 Å². The first kappa shape index (κ1) is 18.1. The Morgan fingerprint density at radius 1 is 0.708 bits per heavy atom. The molecule has 0 aromatic heterocycles. The van der Waals surface area contributed by atoms with E-state index in [0.29, 0.717) is 0 Å². The fraction of sp³-hybridized carbons (Fsp3) is 0.133. The Balaban J connectivity index is 2.03. The summed E-state index contributed by atoms with van der Waals surface area (Å²) in [6, 6.07) is 8.47. The third-order valence-corrected chi connectivity index (χ3v) is 3.12. The summed E-state index contributed by atoms with van der Waals surface area (Å²) in [6.07, 6.45) is -8.94. The maximum atomic E-state index is 12.6. The highest BCUT2D eigenvalue weighted by molar-refractivity contribution is 7.80. The molecule has 128 valence electrons. The van der Waals surface area contributed by atoms with Gasteiger partial charge in [-0.3, -0.25) is 0 Å². The van der Waals surface area contributed by atoms with Crippen molar-refractivity contribution in [2.24, 2.45) is 0 Å². The van der Waals surface area contributed by atoms with Crippen LogP contribution in [0.1, 0.15) is 11.1 Å². The van der Waals surface area contributed by atoms with E-state index in [4.69, 9.17) is 12.2 Å². The molecular weight excluding hydrogens is 354 g/mol. The molecule has 0 aliphatic carbocycles. The summed E-state index contributed by atoms with van der Waals surface area (Å²) in [4.78, 5) is 0. The average Bonchev–Trinajstić information content (AvgIpc) is 2.46. The van der Waals surface area contributed by atoms with Gasteiger partial charge in [0.1, 0.15) is 0 Å². The smallest absolute Gasteiger partial charge is 0.332 e. The number of hydrogen-bond acceptors (Lipinski definition) is 1. The van der Waals surface area contributed by atoms with Crippen molar-refractivity contribution in [3.8, 4) is 0 Å². The molecule has 24 heavy (non-hydrogen) atoms. The second-order valence-corrected chi connectivity index (χ2v) is 5.14. The monoisotopic (exact) mass is 364 g/mol. The zero-order chi connectivity index (χ0) is 18.0. The minimum atomic E-state index is -4.49. The molecule has 2 rings (SSSR count). The van der Waals surface area contributed by atoms with E-state index in [1.165, 1.54) is 24.3 Å². The van der Waals surface area contributed by atoms with E-state index in [0.717, 1.165) is 24.3 Å². The van der Waals surface area contributed by atoms with E-state index < -0.39 is 23.5 Å². The molecule has 0 atom stereocenters. The van der Waals surface area contributed by atoms with Crippen molar-refractivity contribution in [2.45, 2.75) is 12.4 Å². The van der Waals surface area contributed by atoms with E-state index >= 15 is 0 Å². The topological polar surface area (TPSA) is 24.1 Å². The maximum Gasteiger partial charge on any atom is 0.416 e. The number of hydrogen-bond donors (Lipinski definition) is 2. The van der Waals surface area contributed by atoms with Crippen LogP contribution in [0.25, 0.3) is 0 Å². The van der Waals surface area contributed by atoms with Crippen LogP contribution < -0.4 is 10.6 Å². The van der Waals surface area contributed by atoms with E-state index in [9.17, 15) is 26.3 Å². The van der Waals surface area contributed by atoms with E-state index in [1.54, 1.807) is 0 Å². The highest BCUT2D eigenvalue weighted by Crippen LogP contribution is 2.31. The maximum absolute atomic E-state index is 12.6. The van der Waals surface area contributed by atoms with Crippen LogP contribution in [-0.4, -0.2) is 5.11 Å². The standard InChI is InChI=1S/C15H10F6N2S/c16-14(17,18)9-4-6-11(7-5-9)22-13(24)23-12-3-1-2-10(8-12)15(19,20)21/h1-8H,(H2,22,23,24). The zero-order valence-corrected chi connectivity index (χ0v) is 12.6. The van der Waals surface area contributed by atoms with Crippen LogP contribution in [0, 0.1) is 0 Å². The van der Waals surface area contributed by atoms with Crippen LogP contribution in [0.5, 0.6) is 0 Å². The Hall–Kier alpha value is -2.29. The van der Waals surface area contributed by atoms with Gasteiger partial charge in [-0.1, -0.05) is 6.07 Å². The van der Waals surface area contributed by atoms with E-state index in [1.807, 2.05) is 0 Å². The highest BCUT2D eigenvalue weighted by atomic mass is 32.1. The summed E-state index contributed by atoms with van der Waals surface area (Å²) in [6.45, 7) is 0. The van der Waals surface area contributed by atoms with Gasteiger partial charge >= 0.3 is 12.4 Å². The number of anilines is 2. The highest BCUT2D eigenvalue weighted by Gasteiger charge is 2.31. The van der Waals surface area contributed by atoms with E-state index in [-0.39, 0.29) is 16.5 Å². The number of alkyl halides is 6. The molecule has 0 spiro atoms. The van der Waals surface area contributed by atoms with Gasteiger partial charge in [-0.05, 0) is 54.7 Å². The van der Waals surface area contributed by atoms with Gasteiger partial charge in [0, 0.05) is 11.4 Å². The van der Waals surface area contributed by atoms with Crippen molar-refractivity contribution in [3.63, 3.8) is 0 Å². The molecule has 0 saturated heterocycles. The Bertz CT molecular complexity index is 722. The molecule has 0 saturated carbocycles. The van der Waals surface area contributed by atoms with Crippen LogP contribution >= 0.6 is 12.2 Å². The second kappa shape index (κ2) is 6.68. The molecule has 2 aromatic rings. The second-order valence-electron chi connectivity index (χ2n) is 4.73. The van der Waals surface area contributed by atoms with Gasteiger partial charge in [0.05, 0.1) is 11.1 Å². The van der Waals surface area contributed by atoms with Crippen molar-refractivity contribution in [3.05, 3.63) is 59.7 Å². The lowest BCUT2D eigenvalue weighted by molar-refractivity contribution is -0.138. The lowest BCUT2D eigenvalue weighted by Crippen LogP contribution is -2.19. The fourth-order valence-corrected chi connectivity index (χ4v) is 2.04. The molecule has 0 amide bonds. The molecule has 2 nitrogen and oxygen atoms in total. The van der Waals surface area contributed by atoms with Crippen molar-refractivity contribution in [2.75, 3.05) is 10.6 Å². The Morgan fingerprint density at radius 3 is 1.79 bits per heavy atom. The zero-order valence-electron chi connectivity index (χ0n) is 11.8. The SMILES string of the molecule is FC(F)(F)c1ccc(NC(=S)Nc2cccc(C(F)(F)F)c2)cc1. The molecule has 9 heteroatoms. The summed E-state index contributed by atoms with van der Waals surface area (Å²) >= 11 is 4.94. The third-order valence-electron chi connectivity index (χ3n) is 2.92. The molecule has 2 aromatic carbocycles. The first-order valence-electron chi connectivity index (χ1n) is 6.48. The van der Waals surface area contributed by atoms with Gasteiger partial charge in [0.25, 0.3) is 0 Å². The first-order valence-corrected chi connectivity index (χ1v) is 6.89. The molecule has 0 aliphatic rings. The number of thiocarbonyl (C=S) groups is 1. The number of halogens is 6. The molecule has 0 fully saturated rings. The molecule has 0 heterocycles. The average molecular weight is 364 g/mol. The summed E-state index contributed by atoms with van der Waals surface area (Å²) in [5.74, 6) is 0. The number of rotatable bonds is 2. The van der Waals surface area contributed by atoms with Crippen molar-refractivity contribution in [1.82, 2.24) is 0 Å². The van der Waals surface area contributed by atoms with Crippen molar-refractivity contribution in [1.29, 1.82) is 0 Å². The molecule has 0 bridgehead atoms. The molecule has 0 unspecified atom stereocenters. The number of benzene rings is 2. The van der Waals surface area contributed by atoms with Gasteiger partial charge in [-0.25, -0.2) is 0 Å². The lowest BCUT2D eigenvalue weighted by Gasteiger charge is -2.13. The van der Waals surface area contributed by atoms with Gasteiger partial charge in [0.2, 0.25) is 0 Å². The predicted molar refractivity (Wildman–Crippen MR) is 82.7 cm³/mol. The summed E-state index contributed by atoms with van der Waals surface area (Å²) in [7, 11) is 0. The van der Waals surface area contributed by atoms with Crippen LogP contribution in [0.4, 0.5) is 37.7 Å². The third kappa shape index (κ3) is 4.85. The molecule has 2 N–H and O–H groups in total. The van der Waals surface area contributed by atoms with Gasteiger partial charge in [-0.15, -0.1) is 0 Å². The van der Waals surface area contributed by atoms with Crippen molar-refractivity contribution < 1.29 is 26.3 Å². The predicted octanol–water partition coefficient (Wildman–Crippen LogP) is 5.53. The Morgan fingerprint density at radius 2 is 1.25 bits per heavy atom. The largest absolute Gasteiger partial charge is 0.416 e. The Labute approximate surface area is 138 Å². The normalized spacial score (nSPS) is 11.9. The minimum Gasteiger partial charge on any atom is -0.332 e. The Kier molecular flexibility index (Phi) is 5.02. The number of nitrogens with one attached hydrogen (secondary N) is 2.